The minimum Gasteiger partial charge on any atom is -0.491 e. The number of fused-ring (bicyclic) bond motifs is 1. The van der Waals surface area contributed by atoms with Crippen molar-refractivity contribution in [2.45, 2.75) is 19.8 Å². The Morgan fingerprint density at radius 1 is 1.24 bits per heavy atom. The molecule has 0 spiro atoms. The molecule has 156 valence electrons. The van der Waals surface area contributed by atoms with Crippen LogP contribution in [0.25, 0.3) is 11.1 Å². The second-order valence-electron chi connectivity index (χ2n) is 6.89. The molecule has 7 nitrogen and oxygen atoms in total. The quantitative estimate of drug-likeness (QED) is 0.686. The van der Waals surface area contributed by atoms with Crippen molar-refractivity contribution >= 4 is 21.6 Å². The Bertz CT molecular complexity index is 1030. The Morgan fingerprint density at radius 3 is 2.72 bits per heavy atom. The Kier molecular flexibility index (Phi) is 6.18. The third kappa shape index (κ3) is 4.56. The summed E-state index contributed by atoms with van der Waals surface area (Å²) in [4.78, 5) is 17.4. The lowest BCUT2D eigenvalue weighted by molar-refractivity contribution is -0.118. The zero-order valence-corrected chi connectivity index (χ0v) is 17.5. The molecule has 3 rings (SSSR count). The summed E-state index contributed by atoms with van der Waals surface area (Å²) in [5.74, 6) is -0.0251. The van der Waals surface area contributed by atoms with Crippen LogP contribution in [0.15, 0.2) is 30.6 Å². The van der Waals surface area contributed by atoms with Gasteiger partial charge < -0.3 is 9.64 Å². The summed E-state index contributed by atoms with van der Waals surface area (Å²) in [6.45, 7) is 1.94. The molecule has 0 saturated carbocycles. The Labute approximate surface area is 170 Å². The molecule has 0 radical (unpaired) electrons. The normalized spacial score (nSPS) is 14.2. The van der Waals surface area contributed by atoms with E-state index in [0.29, 0.717) is 35.4 Å². The lowest BCUT2D eigenvalue weighted by Gasteiger charge is -2.26. The molecule has 2 aromatic rings. The fraction of sp³-hybridized carbons (Fsp3) is 0.400. The molecule has 0 fully saturated rings. The van der Waals surface area contributed by atoms with E-state index < -0.39 is 15.8 Å². The van der Waals surface area contributed by atoms with Crippen LogP contribution < -0.4 is 9.64 Å². The number of benzene rings is 1. The lowest BCUT2D eigenvalue weighted by atomic mass is 9.96. The zero-order chi connectivity index (χ0) is 21.2. The van der Waals surface area contributed by atoms with Gasteiger partial charge in [0, 0.05) is 50.1 Å². The number of halogens is 1. The standard InChI is InChI=1S/C20H24FN3O4S/c1-4-29(26,27)23(2)7-8-28-16-9-15(12-22-13-16)17-10-14-5-6-20(25)24(3)19(14)11-18(17)21/h9-13H,4-8H2,1-3H3. The van der Waals surface area contributed by atoms with E-state index in [-0.39, 0.29) is 24.8 Å². The molecule has 0 unspecified atom stereocenters. The highest BCUT2D eigenvalue weighted by molar-refractivity contribution is 7.89. The molecule has 2 heterocycles. The van der Waals surface area contributed by atoms with Gasteiger partial charge in [-0.1, -0.05) is 0 Å². The summed E-state index contributed by atoms with van der Waals surface area (Å²) in [5.41, 5.74) is 2.43. The van der Waals surface area contributed by atoms with Gasteiger partial charge in [-0.05, 0) is 37.1 Å². The largest absolute Gasteiger partial charge is 0.491 e. The average Bonchev–Trinajstić information content (AvgIpc) is 2.71. The van der Waals surface area contributed by atoms with Crippen molar-refractivity contribution in [3.05, 3.63) is 42.0 Å². The summed E-state index contributed by atoms with van der Waals surface area (Å²) < 4.78 is 45.1. The minimum absolute atomic E-state index is 0.0267. The number of carbonyl (C=O) groups is 1. The highest BCUT2D eigenvalue weighted by atomic mass is 32.2. The van der Waals surface area contributed by atoms with Crippen LogP contribution in [-0.4, -0.2) is 56.6 Å². The number of aromatic nitrogens is 1. The summed E-state index contributed by atoms with van der Waals surface area (Å²) in [6, 6.07) is 4.79. The number of likely N-dealkylation sites (N-methyl/N-ethyl adjacent to an activating group) is 1. The second-order valence-corrected chi connectivity index (χ2v) is 9.26. The molecule has 1 aromatic heterocycles. The van der Waals surface area contributed by atoms with E-state index in [0.717, 1.165) is 5.56 Å². The van der Waals surface area contributed by atoms with Gasteiger partial charge in [-0.3, -0.25) is 9.78 Å². The first-order chi connectivity index (χ1) is 13.7. The fourth-order valence-corrected chi connectivity index (χ4v) is 3.98. The van der Waals surface area contributed by atoms with Crippen LogP contribution in [0.2, 0.25) is 0 Å². The molecule has 9 heteroatoms. The van der Waals surface area contributed by atoms with Gasteiger partial charge in [-0.15, -0.1) is 0 Å². The molecule has 1 aromatic carbocycles. The predicted octanol–water partition coefficient (Wildman–Crippen LogP) is 2.46. The SMILES string of the molecule is CCS(=O)(=O)N(C)CCOc1cncc(-c2cc3c(cc2F)N(C)C(=O)CC3)c1. The average molecular weight is 421 g/mol. The number of anilines is 1. The number of rotatable bonds is 7. The number of hydrogen-bond donors (Lipinski definition) is 0. The first kappa shape index (κ1) is 21.2. The van der Waals surface area contributed by atoms with Gasteiger partial charge >= 0.3 is 0 Å². The number of pyridine rings is 1. The van der Waals surface area contributed by atoms with Crippen LogP contribution in [0.5, 0.6) is 5.75 Å². The topological polar surface area (TPSA) is 79.8 Å². The number of amides is 1. The molecule has 0 atom stereocenters. The van der Waals surface area contributed by atoms with Crippen molar-refractivity contribution < 1.29 is 22.3 Å². The maximum Gasteiger partial charge on any atom is 0.227 e. The third-order valence-corrected chi connectivity index (χ3v) is 6.91. The monoisotopic (exact) mass is 421 g/mol. The van der Waals surface area contributed by atoms with E-state index in [1.807, 2.05) is 0 Å². The van der Waals surface area contributed by atoms with E-state index in [1.165, 1.54) is 28.5 Å². The lowest BCUT2D eigenvalue weighted by Crippen LogP contribution is -2.32. The van der Waals surface area contributed by atoms with Gasteiger partial charge in [-0.2, -0.15) is 0 Å². The summed E-state index contributed by atoms with van der Waals surface area (Å²) in [6.07, 6.45) is 4.00. The third-order valence-electron chi connectivity index (χ3n) is 5.05. The van der Waals surface area contributed by atoms with Gasteiger partial charge in [-0.25, -0.2) is 17.1 Å². The van der Waals surface area contributed by atoms with Crippen LogP contribution in [0.3, 0.4) is 0 Å². The molecular formula is C20H24FN3O4S. The molecule has 1 amide bonds. The first-order valence-electron chi connectivity index (χ1n) is 9.34. The van der Waals surface area contributed by atoms with Gasteiger partial charge in [0.1, 0.15) is 18.2 Å². The molecule has 1 aliphatic heterocycles. The minimum atomic E-state index is -3.27. The Morgan fingerprint density at radius 2 is 2.00 bits per heavy atom. The summed E-state index contributed by atoms with van der Waals surface area (Å²) in [7, 11) is -0.121. The number of aryl methyl sites for hydroxylation is 1. The summed E-state index contributed by atoms with van der Waals surface area (Å²) >= 11 is 0. The molecule has 1 aliphatic rings. The number of hydrogen-bond acceptors (Lipinski definition) is 5. The van der Waals surface area contributed by atoms with Crippen LogP contribution in [-0.2, 0) is 21.2 Å². The molecule has 0 aliphatic carbocycles. The van der Waals surface area contributed by atoms with Gasteiger partial charge in [0.15, 0.2) is 0 Å². The van der Waals surface area contributed by atoms with E-state index in [2.05, 4.69) is 4.98 Å². The van der Waals surface area contributed by atoms with Crippen molar-refractivity contribution in [3.63, 3.8) is 0 Å². The number of ether oxygens (including phenoxy) is 1. The van der Waals surface area contributed by atoms with Crippen LogP contribution in [0.4, 0.5) is 10.1 Å². The van der Waals surface area contributed by atoms with Gasteiger partial charge in [0.05, 0.1) is 11.9 Å². The van der Waals surface area contributed by atoms with E-state index in [9.17, 15) is 17.6 Å². The van der Waals surface area contributed by atoms with Crippen LogP contribution >= 0.6 is 0 Å². The second kappa shape index (κ2) is 8.46. The highest BCUT2D eigenvalue weighted by Gasteiger charge is 2.23. The van der Waals surface area contributed by atoms with Gasteiger partial charge in [0.2, 0.25) is 15.9 Å². The highest BCUT2D eigenvalue weighted by Crippen LogP contribution is 2.34. The zero-order valence-electron chi connectivity index (χ0n) is 16.7. The summed E-state index contributed by atoms with van der Waals surface area (Å²) in [5, 5.41) is 0. The predicted molar refractivity (Wildman–Crippen MR) is 109 cm³/mol. The van der Waals surface area contributed by atoms with E-state index in [1.54, 1.807) is 32.3 Å². The van der Waals surface area contributed by atoms with Crippen molar-refractivity contribution in [3.8, 4) is 16.9 Å². The van der Waals surface area contributed by atoms with Crippen LogP contribution in [0, 0.1) is 5.82 Å². The molecular weight excluding hydrogens is 397 g/mol. The Hall–Kier alpha value is -2.52. The Balaban J connectivity index is 1.77. The fourth-order valence-electron chi connectivity index (χ4n) is 3.18. The molecule has 0 saturated heterocycles. The van der Waals surface area contributed by atoms with Crippen molar-refractivity contribution in [1.29, 1.82) is 0 Å². The molecule has 29 heavy (non-hydrogen) atoms. The van der Waals surface area contributed by atoms with E-state index >= 15 is 0 Å². The van der Waals surface area contributed by atoms with Crippen molar-refractivity contribution in [2.24, 2.45) is 0 Å². The maximum atomic E-state index is 14.7. The molecule has 0 N–H and O–H groups in total. The smallest absolute Gasteiger partial charge is 0.227 e. The van der Waals surface area contributed by atoms with Crippen molar-refractivity contribution in [1.82, 2.24) is 9.29 Å². The van der Waals surface area contributed by atoms with E-state index in [4.69, 9.17) is 4.74 Å². The van der Waals surface area contributed by atoms with Gasteiger partial charge in [0.25, 0.3) is 0 Å². The maximum absolute atomic E-state index is 14.7. The number of carbonyl (C=O) groups excluding carboxylic acids is 1. The molecule has 0 bridgehead atoms. The first-order valence-corrected chi connectivity index (χ1v) is 10.9. The van der Waals surface area contributed by atoms with Crippen LogP contribution in [0.1, 0.15) is 18.9 Å². The van der Waals surface area contributed by atoms with Crippen molar-refractivity contribution in [2.75, 3.05) is 37.9 Å². The number of sulfonamides is 1. The number of nitrogens with zero attached hydrogens (tertiary/aromatic N) is 3.